The van der Waals surface area contributed by atoms with Gasteiger partial charge in [-0.05, 0) is 203 Å². The summed E-state index contributed by atoms with van der Waals surface area (Å²) in [5.41, 5.74) is 9.39. The Morgan fingerprint density at radius 1 is 0.403 bits per heavy atom. The Balaban J connectivity index is 1.78. The van der Waals surface area contributed by atoms with Gasteiger partial charge in [0.2, 0.25) is 0 Å². The second kappa shape index (κ2) is 19.5. The van der Waals surface area contributed by atoms with Crippen LogP contribution in [0.2, 0.25) is 0 Å². The predicted octanol–water partition coefficient (Wildman–Crippen LogP) is 9.62. The molecular weight excluding hydrogens is 815 g/mol. The largest absolute Gasteiger partial charge is 0.500 e. The van der Waals surface area contributed by atoms with Crippen LogP contribution in [0.15, 0.2) is 84.3 Å². The quantitative estimate of drug-likeness (QED) is 0.0964. The van der Waals surface area contributed by atoms with Crippen LogP contribution in [-0.4, -0.2) is 62.5 Å². The maximum Gasteiger partial charge on any atom is 0.127 e. The van der Waals surface area contributed by atoms with Gasteiger partial charge in [0.1, 0.15) is 46.0 Å². The molecule has 2 unspecified atom stereocenters. The summed E-state index contributed by atoms with van der Waals surface area (Å²) in [6.07, 6.45) is 4.32. The van der Waals surface area contributed by atoms with Crippen molar-refractivity contribution in [3.63, 3.8) is 0 Å². The van der Waals surface area contributed by atoms with Gasteiger partial charge in [0.05, 0.1) is 62.8 Å². The van der Waals surface area contributed by atoms with E-state index in [1.807, 2.05) is 12.1 Å². The van der Waals surface area contributed by atoms with Crippen LogP contribution < -0.4 is 54.9 Å². The molecule has 5 aromatic carbocycles. The molecule has 0 aromatic heterocycles. The summed E-state index contributed by atoms with van der Waals surface area (Å²) in [7, 11) is 11.4. The van der Waals surface area contributed by atoms with Gasteiger partial charge in [0, 0.05) is 23.4 Å². The van der Waals surface area contributed by atoms with Crippen molar-refractivity contribution in [3.05, 3.63) is 134 Å². The molecule has 0 amide bonds. The standard InChI is InChI=1S/C52H62O8P2/c1-29-17-39(18-30(2)49(29)57-13)61(40-19-31(3)50(58-14)32(4)20-40)45-27-37(53-9)25-43(55-11)47(45)48-44(56-12)26-38(54-10)28-46(48)62(41-21-33(5)51(59-15)34(6)22-41)42-23-35(7)52(60-16)36(8)24-42/h17-28,45,47H,1-16H3. The van der Waals surface area contributed by atoms with Crippen LogP contribution >= 0.6 is 15.8 Å². The van der Waals surface area contributed by atoms with E-state index in [4.69, 9.17) is 37.9 Å². The Morgan fingerprint density at radius 3 is 1.11 bits per heavy atom. The van der Waals surface area contributed by atoms with Crippen LogP contribution in [0.1, 0.15) is 56.0 Å². The van der Waals surface area contributed by atoms with Gasteiger partial charge in [0.25, 0.3) is 0 Å². The van der Waals surface area contributed by atoms with E-state index in [2.05, 4.69) is 116 Å². The third kappa shape index (κ3) is 8.74. The molecule has 1 aliphatic rings. The van der Waals surface area contributed by atoms with E-state index in [0.29, 0.717) is 11.5 Å². The third-order valence-electron chi connectivity index (χ3n) is 11.8. The number of allylic oxidation sites excluding steroid dienone is 3. The summed E-state index contributed by atoms with van der Waals surface area (Å²) >= 11 is 0. The first-order valence-electron chi connectivity index (χ1n) is 20.7. The second-order valence-electron chi connectivity index (χ2n) is 15.9. The van der Waals surface area contributed by atoms with Gasteiger partial charge < -0.3 is 37.9 Å². The molecule has 0 N–H and O–H groups in total. The number of methoxy groups -OCH3 is 8. The lowest BCUT2D eigenvalue weighted by Crippen LogP contribution is -2.34. The van der Waals surface area contributed by atoms with Crippen LogP contribution in [0.3, 0.4) is 0 Å². The number of aryl methyl sites for hydroxylation is 8. The van der Waals surface area contributed by atoms with E-state index in [-0.39, 0.29) is 11.6 Å². The van der Waals surface area contributed by atoms with Crippen molar-refractivity contribution >= 4 is 42.4 Å². The molecule has 0 spiro atoms. The summed E-state index contributed by atoms with van der Waals surface area (Å²) in [5, 5.41) is 5.85. The van der Waals surface area contributed by atoms with Crippen molar-refractivity contribution in [2.45, 2.75) is 67.0 Å². The van der Waals surface area contributed by atoms with Crippen molar-refractivity contribution in [1.82, 2.24) is 0 Å². The maximum absolute atomic E-state index is 6.55. The lowest BCUT2D eigenvalue weighted by Gasteiger charge is -2.39. The van der Waals surface area contributed by atoms with E-state index < -0.39 is 15.8 Å². The highest BCUT2D eigenvalue weighted by Crippen LogP contribution is 2.56. The predicted molar refractivity (Wildman–Crippen MR) is 258 cm³/mol. The normalized spacial score (nSPS) is 14.9. The molecule has 0 aliphatic heterocycles. The molecule has 0 heterocycles. The van der Waals surface area contributed by atoms with Gasteiger partial charge in [-0.2, -0.15) is 0 Å². The first kappa shape index (κ1) is 46.3. The molecule has 0 radical (unpaired) electrons. The maximum atomic E-state index is 6.55. The summed E-state index contributed by atoms with van der Waals surface area (Å²) < 4.78 is 49.0. The third-order valence-corrected chi connectivity index (χ3v) is 16.9. The van der Waals surface area contributed by atoms with E-state index >= 15 is 0 Å². The molecule has 0 fully saturated rings. The molecule has 0 saturated heterocycles. The number of benzene rings is 5. The fourth-order valence-corrected chi connectivity index (χ4v) is 15.5. The molecular formula is C52H62O8P2. The fourth-order valence-electron chi connectivity index (χ4n) is 9.39. The Bertz CT molecular complexity index is 2330. The van der Waals surface area contributed by atoms with E-state index in [1.54, 1.807) is 56.9 Å². The average Bonchev–Trinajstić information content (AvgIpc) is 3.23. The smallest absolute Gasteiger partial charge is 0.127 e. The summed E-state index contributed by atoms with van der Waals surface area (Å²) in [4.78, 5) is 0. The Labute approximate surface area is 371 Å². The minimum Gasteiger partial charge on any atom is -0.500 e. The number of hydrogen-bond donors (Lipinski definition) is 0. The minimum absolute atomic E-state index is 0.184. The van der Waals surface area contributed by atoms with Gasteiger partial charge in [0.15, 0.2) is 0 Å². The van der Waals surface area contributed by atoms with Gasteiger partial charge in [-0.3, -0.25) is 0 Å². The Hall–Kier alpha value is -5.16. The van der Waals surface area contributed by atoms with Crippen molar-refractivity contribution in [1.29, 1.82) is 0 Å². The number of rotatable bonds is 15. The zero-order valence-corrected chi connectivity index (χ0v) is 41.0. The summed E-state index contributed by atoms with van der Waals surface area (Å²) in [6, 6.07) is 22.5. The minimum atomic E-state index is -1.29. The van der Waals surface area contributed by atoms with Crippen molar-refractivity contribution in [2.24, 2.45) is 0 Å². The van der Waals surface area contributed by atoms with Crippen LogP contribution in [0.4, 0.5) is 0 Å². The SMILES string of the molecule is COC1=CC(P(c2cc(C)c(OC)c(C)c2)c2cc(C)c(OC)c(C)c2)C(c2c(OC)cc(OC)cc2P(c2cc(C)c(OC)c(C)c2)c2cc(C)c(OC)c(C)c2)C(OC)=C1. The highest BCUT2D eigenvalue weighted by Gasteiger charge is 2.42. The van der Waals surface area contributed by atoms with Crippen LogP contribution in [0, 0.1) is 55.4 Å². The number of ether oxygens (including phenoxy) is 8. The van der Waals surface area contributed by atoms with E-state index in [0.717, 1.165) is 89.9 Å². The van der Waals surface area contributed by atoms with E-state index in [9.17, 15) is 0 Å². The summed E-state index contributed by atoms with van der Waals surface area (Å²) in [5.74, 6) is 6.11. The fraction of sp³-hybridized carbons (Fsp3) is 0.346. The molecule has 10 heteroatoms. The molecule has 8 nitrogen and oxygen atoms in total. The lowest BCUT2D eigenvalue weighted by atomic mass is 9.88. The van der Waals surface area contributed by atoms with Gasteiger partial charge in [-0.25, -0.2) is 0 Å². The van der Waals surface area contributed by atoms with E-state index in [1.165, 1.54) is 21.2 Å². The molecule has 328 valence electrons. The number of hydrogen-bond acceptors (Lipinski definition) is 8. The molecule has 1 aliphatic carbocycles. The van der Waals surface area contributed by atoms with Crippen molar-refractivity contribution < 1.29 is 37.9 Å². The highest BCUT2D eigenvalue weighted by molar-refractivity contribution is 7.80. The zero-order chi connectivity index (χ0) is 45.2. The highest BCUT2D eigenvalue weighted by atomic mass is 31.1. The van der Waals surface area contributed by atoms with Gasteiger partial charge in [-0.15, -0.1) is 0 Å². The Morgan fingerprint density at radius 2 is 0.790 bits per heavy atom. The average molecular weight is 877 g/mol. The topological polar surface area (TPSA) is 73.8 Å². The molecule has 0 saturated carbocycles. The van der Waals surface area contributed by atoms with Crippen LogP contribution in [0.25, 0.3) is 0 Å². The molecule has 2 atom stereocenters. The molecule has 5 aromatic rings. The molecule has 62 heavy (non-hydrogen) atoms. The zero-order valence-electron chi connectivity index (χ0n) is 39.2. The second-order valence-corrected chi connectivity index (χ2v) is 20.5. The lowest BCUT2D eigenvalue weighted by molar-refractivity contribution is 0.246. The van der Waals surface area contributed by atoms with Crippen molar-refractivity contribution in [3.8, 4) is 34.5 Å². The molecule has 0 bridgehead atoms. The summed E-state index contributed by atoms with van der Waals surface area (Å²) in [6.45, 7) is 17.0. The first-order valence-corrected chi connectivity index (χ1v) is 23.4. The van der Waals surface area contributed by atoms with Crippen molar-refractivity contribution in [2.75, 3.05) is 56.9 Å². The molecule has 6 rings (SSSR count). The monoisotopic (exact) mass is 876 g/mol. The van der Waals surface area contributed by atoms with Gasteiger partial charge >= 0.3 is 0 Å². The van der Waals surface area contributed by atoms with Crippen LogP contribution in [0.5, 0.6) is 34.5 Å². The van der Waals surface area contributed by atoms with Crippen LogP contribution in [-0.2, 0) is 9.47 Å². The first-order chi connectivity index (χ1) is 29.7. The Kier molecular flexibility index (Phi) is 14.6. The van der Waals surface area contributed by atoms with Gasteiger partial charge in [-0.1, -0.05) is 0 Å².